The second-order valence-electron chi connectivity index (χ2n) is 7.78. The third kappa shape index (κ3) is 5.35. The van der Waals surface area contributed by atoms with Crippen LogP contribution in [0.1, 0.15) is 36.1 Å². The van der Waals surface area contributed by atoms with E-state index < -0.39 is 0 Å². The summed E-state index contributed by atoms with van der Waals surface area (Å²) in [6.07, 6.45) is 0.298. The smallest absolute Gasteiger partial charge is 0.411 e. The molecule has 0 aromatic heterocycles. The summed E-state index contributed by atoms with van der Waals surface area (Å²) in [6, 6.07) is 29.4. The number of nitrogens with zero attached hydrogens (tertiary/aromatic N) is 2. The number of aliphatic imine (C=N–C) groups is 1. The topological polar surface area (TPSA) is 51.1 Å². The monoisotopic (exact) mass is 428 g/mol. The summed E-state index contributed by atoms with van der Waals surface area (Å²) in [5, 5.41) is 0. The van der Waals surface area contributed by atoms with Crippen LogP contribution >= 0.6 is 0 Å². The van der Waals surface area contributed by atoms with Crippen molar-refractivity contribution in [2.24, 2.45) is 4.99 Å². The minimum Gasteiger partial charge on any atom is -0.477 e. The number of ether oxygens (including phenoxy) is 2. The van der Waals surface area contributed by atoms with E-state index in [0.717, 1.165) is 16.7 Å². The normalized spacial score (nSPS) is 16.0. The van der Waals surface area contributed by atoms with Gasteiger partial charge in [0.15, 0.2) is 0 Å². The molecule has 32 heavy (non-hydrogen) atoms. The summed E-state index contributed by atoms with van der Waals surface area (Å²) in [5.74, 6) is 0.592. The van der Waals surface area contributed by atoms with Crippen molar-refractivity contribution in [3.63, 3.8) is 0 Å². The molecule has 0 unspecified atom stereocenters. The first-order valence-corrected chi connectivity index (χ1v) is 11.0. The third-order valence-electron chi connectivity index (χ3n) is 5.54. The van der Waals surface area contributed by atoms with Crippen LogP contribution in [0.5, 0.6) is 0 Å². The van der Waals surface area contributed by atoms with Gasteiger partial charge in [-0.3, -0.25) is 4.90 Å². The molecule has 2 atom stereocenters. The molecule has 1 aliphatic rings. The van der Waals surface area contributed by atoms with Crippen molar-refractivity contribution in [2.45, 2.75) is 38.6 Å². The minimum atomic E-state index is -0.376. The van der Waals surface area contributed by atoms with E-state index in [9.17, 15) is 4.79 Å². The Kier molecular flexibility index (Phi) is 7.18. The molecule has 5 heteroatoms. The van der Waals surface area contributed by atoms with Gasteiger partial charge in [0, 0.05) is 6.54 Å². The zero-order valence-electron chi connectivity index (χ0n) is 18.3. The first-order chi connectivity index (χ1) is 15.7. The minimum absolute atomic E-state index is 0.0563. The molecule has 3 aromatic rings. The van der Waals surface area contributed by atoms with Crippen molar-refractivity contribution in [1.82, 2.24) is 4.90 Å². The summed E-state index contributed by atoms with van der Waals surface area (Å²) in [6.45, 7) is 3.16. The van der Waals surface area contributed by atoms with E-state index in [-0.39, 0.29) is 24.8 Å². The summed E-state index contributed by atoms with van der Waals surface area (Å²) in [5.41, 5.74) is 3.09. The van der Waals surface area contributed by atoms with E-state index in [4.69, 9.17) is 14.5 Å². The number of amides is 1. The van der Waals surface area contributed by atoms with E-state index >= 15 is 0 Å². The predicted molar refractivity (Wildman–Crippen MR) is 125 cm³/mol. The molecule has 5 nitrogen and oxygen atoms in total. The van der Waals surface area contributed by atoms with Crippen LogP contribution in [0, 0.1) is 0 Å². The molecule has 0 N–H and O–H groups in total. The van der Waals surface area contributed by atoms with Crippen LogP contribution in [-0.4, -0.2) is 29.5 Å². The molecule has 0 radical (unpaired) electrons. The lowest BCUT2D eigenvalue weighted by molar-refractivity contribution is 0.0827. The van der Waals surface area contributed by atoms with Gasteiger partial charge < -0.3 is 9.47 Å². The largest absolute Gasteiger partial charge is 0.477 e. The Morgan fingerprint density at radius 2 is 1.56 bits per heavy atom. The Morgan fingerprint density at radius 3 is 2.19 bits per heavy atom. The second kappa shape index (κ2) is 10.6. The van der Waals surface area contributed by atoms with E-state index in [1.807, 2.05) is 85.8 Å². The maximum atomic E-state index is 13.2. The molecule has 0 saturated carbocycles. The lowest BCUT2D eigenvalue weighted by Gasteiger charge is -2.30. The molecule has 1 aliphatic heterocycles. The van der Waals surface area contributed by atoms with Crippen molar-refractivity contribution in [3.05, 3.63) is 108 Å². The Morgan fingerprint density at radius 1 is 0.969 bits per heavy atom. The van der Waals surface area contributed by atoms with E-state index in [2.05, 4.69) is 12.1 Å². The predicted octanol–water partition coefficient (Wildman–Crippen LogP) is 5.77. The molecule has 1 heterocycles. The van der Waals surface area contributed by atoms with Crippen LogP contribution in [0.2, 0.25) is 0 Å². The van der Waals surface area contributed by atoms with Crippen LogP contribution in [0.25, 0.3) is 0 Å². The maximum Gasteiger partial charge on any atom is 0.411 e. The lowest BCUT2D eigenvalue weighted by Crippen LogP contribution is -2.44. The summed E-state index contributed by atoms with van der Waals surface area (Å²) >= 11 is 0. The van der Waals surface area contributed by atoms with Gasteiger partial charge in [0.25, 0.3) is 0 Å². The van der Waals surface area contributed by atoms with Gasteiger partial charge >= 0.3 is 6.09 Å². The molecule has 164 valence electrons. The molecule has 0 spiro atoms. The molecular weight excluding hydrogens is 400 g/mol. The lowest BCUT2D eigenvalue weighted by atomic mass is 10.1. The van der Waals surface area contributed by atoms with Gasteiger partial charge in [0.1, 0.15) is 25.3 Å². The highest BCUT2D eigenvalue weighted by atomic mass is 16.6. The molecule has 0 saturated heterocycles. The highest BCUT2D eigenvalue weighted by Gasteiger charge is 2.33. The number of benzene rings is 3. The molecule has 1 amide bonds. The molecule has 3 aromatic carbocycles. The highest BCUT2D eigenvalue weighted by molar-refractivity contribution is 5.87. The van der Waals surface area contributed by atoms with Crippen molar-refractivity contribution in [3.8, 4) is 0 Å². The van der Waals surface area contributed by atoms with Crippen LogP contribution < -0.4 is 0 Å². The van der Waals surface area contributed by atoms with Crippen molar-refractivity contribution >= 4 is 12.0 Å². The summed E-state index contributed by atoms with van der Waals surface area (Å²) < 4.78 is 11.7. The number of rotatable bonds is 8. The van der Waals surface area contributed by atoms with Gasteiger partial charge in [-0.25, -0.2) is 9.79 Å². The van der Waals surface area contributed by atoms with E-state index in [0.29, 0.717) is 25.5 Å². The van der Waals surface area contributed by atoms with Crippen LogP contribution in [-0.2, 0) is 22.6 Å². The summed E-state index contributed by atoms with van der Waals surface area (Å²) in [4.78, 5) is 19.8. The zero-order valence-corrected chi connectivity index (χ0v) is 18.3. The number of carbonyl (C=O) groups excluding carboxylic acids is 1. The fourth-order valence-corrected chi connectivity index (χ4v) is 3.83. The van der Waals surface area contributed by atoms with E-state index in [1.54, 1.807) is 4.90 Å². The standard InChI is InChI=1S/C27H28N2O3/c1-2-25(26-28-24(20-31-26)23-16-10-5-11-17-23)29(18-21-12-6-3-7-13-21)27(30)32-19-22-14-8-4-9-15-22/h3-17,24-25H,2,18-20H2,1H3/t24-,25+/m0/s1. The maximum absolute atomic E-state index is 13.2. The number of hydrogen-bond acceptors (Lipinski definition) is 4. The van der Waals surface area contributed by atoms with Gasteiger partial charge in [0.2, 0.25) is 5.90 Å². The van der Waals surface area contributed by atoms with Crippen LogP contribution in [0.15, 0.2) is 96.0 Å². The fraction of sp³-hybridized carbons (Fsp3) is 0.259. The molecule has 4 rings (SSSR count). The van der Waals surface area contributed by atoms with Crippen molar-refractivity contribution < 1.29 is 14.3 Å². The number of hydrogen-bond donors (Lipinski definition) is 0. The Balaban J connectivity index is 1.55. The van der Waals surface area contributed by atoms with Gasteiger partial charge in [-0.15, -0.1) is 0 Å². The quantitative estimate of drug-likeness (QED) is 0.457. The Labute approximate surface area is 189 Å². The SMILES string of the molecule is CC[C@H](C1=N[C@H](c2ccccc2)CO1)N(Cc1ccccc1)C(=O)OCc1ccccc1. The second-order valence-corrected chi connectivity index (χ2v) is 7.78. The molecule has 0 aliphatic carbocycles. The molecular formula is C27H28N2O3. The molecule has 0 fully saturated rings. The van der Waals surface area contributed by atoms with Crippen molar-refractivity contribution in [2.75, 3.05) is 6.61 Å². The number of carbonyl (C=O) groups is 1. The zero-order chi connectivity index (χ0) is 22.2. The van der Waals surface area contributed by atoms with Gasteiger partial charge in [-0.2, -0.15) is 0 Å². The third-order valence-corrected chi connectivity index (χ3v) is 5.54. The first-order valence-electron chi connectivity index (χ1n) is 11.0. The van der Waals surface area contributed by atoms with E-state index in [1.165, 1.54) is 0 Å². The molecule has 0 bridgehead atoms. The Hall–Kier alpha value is -3.60. The first kappa shape index (κ1) is 21.6. The van der Waals surface area contributed by atoms with Crippen LogP contribution in [0.3, 0.4) is 0 Å². The van der Waals surface area contributed by atoms with Gasteiger partial charge in [-0.05, 0) is 23.1 Å². The van der Waals surface area contributed by atoms with Gasteiger partial charge in [-0.1, -0.05) is 97.9 Å². The van der Waals surface area contributed by atoms with Crippen molar-refractivity contribution in [1.29, 1.82) is 0 Å². The highest BCUT2D eigenvalue weighted by Crippen LogP contribution is 2.26. The fourth-order valence-electron chi connectivity index (χ4n) is 3.83. The van der Waals surface area contributed by atoms with Gasteiger partial charge in [0.05, 0.1) is 0 Å². The average Bonchev–Trinajstić information content (AvgIpc) is 3.34. The van der Waals surface area contributed by atoms with Crippen LogP contribution in [0.4, 0.5) is 4.79 Å². The average molecular weight is 429 g/mol. The summed E-state index contributed by atoms with van der Waals surface area (Å²) in [7, 11) is 0. The Bertz CT molecular complexity index is 1020.